The molecule has 0 N–H and O–H groups in total. The summed E-state index contributed by atoms with van der Waals surface area (Å²) in [5, 5.41) is 8.01. The van der Waals surface area contributed by atoms with E-state index in [0.29, 0.717) is 6.54 Å². The zero-order valence-corrected chi connectivity index (χ0v) is 11.0. The molecule has 0 amide bonds. The van der Waals surface area contributed by atoms with E-state index in [-0.39, 0.29) is 5.56 Å². The molecule has 2 aromatic rings. The van der Waals surface area contributed by atoms with Gasteiger partial charge in [0.05, 0.1) is 24.1 Å². The van der Waals surface area contributed by atoms with Crippen LogP contribution in [-0.4, -0.2) is 29.0 Å². The second-order valence-electron chi connectivity index (χ2n) is 4.41. The van der Waals surface area contributed by atoms with Crippen LogP contribution in [0.15, 0.2) is 21.6 Å². The lowest BCUT2D eigenvalue weighted by Crippen LogP contribution is -2.25. The number of anilines is 1. The summed E-state index contributed by atoms with van der Waals surface area (Å²) in [4.78, 5) is 13.8. The van der Waals surface area contributed by atoms with Gasteiger partial charge in [-0.15, -0.1) is 0 Å². The summed E-state index contributed by atoms with van der Waals surface area (Å²) in [7, 11) is 3.74. The largest absolute Gasteiger partial charge is 0.376 e. The van der Waals surface area contributed by atoms with E-state index in [1.54, 1.807) is 12.3 Å². The lowest BCUT2D eigenvalue weighted by Gasteiger charge is -2.12. The number of rotatable bonds is 3. The first-order chi connectivity index (χ1) is 8.49. The molecule has 6 nitrogen and oxygen atoms in total. The Bertz CT molecular complexity index is 593. The SMILES string of the molecule is Cc1noc(C)c1Cn1ncc(N(C)C)cc1=O. The van der Waals surface area contributed by atoms with Gasteiger partial charge in [0.2, 0.25) is 0 Å². The van der Waals surface area contributed by atoms with Crippen LogP contribution in [0.5, 0.6) is 0 Å². The van der Waals surface area contributed by atoms with Crippen LogP contribution >= 0.6 is 0 Å². The first-order valence-electron chi connectivity index (χ1n) is 5.65. The molecule has 18 heavy (non-hydrogen) atoms. The Morgan fingerprint density at radius 2 is 2.11 bits per heavy atom. The van der Waals surface area contributed by atoms with Crippen molar-refractivity contribution in [3.05, 3.63) is 39.6 Å². The monoisotopic (exact) mass is 248 g/mol. The molecule has 0 aliphatic heterocycles. The van der Waals surface area contributed by atoms with Gasteiger partial charge in [-0.05, 0) is 13.8 Å². The van der Waals surface area contributed by atoms with Crippen molar-refractivity contribution in [3.8, 4) is 0 Å². The second-order valence-corrected chi connectivity index (χ2v) is 4.41. The van der Waals surface area contributed by atoms with Gasteiger partial charge in [-0.3, -0.25) is 4.79 Å². The van der Waals surface area contributed by atoms with Crippen LogP contribution in [0, 0.1) is 13.8 Å². The molecule has 0 radical (unpaired) electrons. The van der Waals surface area contributed by atoms with Gasteiger partial charge in [-0.25, -0.2) is 4.68 Å². The van der Waals surface area contributed by atoms with Gasteiger partial charge in [-0.1, -0.05) is 5.16 Å². The molecule has 0 unspecified atom stereocenters. The fourth-order valence-corrected chi connectivity index (χ4v) is 1.66. The second kappa shape index (κ2) is 4.64. The summed E-state index contributed by atoms with van der Waals surface area (Å²) in [6.45, 7) is 4.06. The number of aromatic nitrogens is 3. The van der Waals surface area contributed by atoms with Crippen LogP contribution in [0.1, 0.15) is 17.0 Å². The van der Waals surface area contributed by atoms with Crippen LogP contribution < -0.4 is 10.5 Å². The topological polar surface area (TPSA) is 64.2 Å². The first kappa shape index (κ1) is 12.3. The highest BCUT2D eigenvalue weighted by Crippen LogP contribution is 2.13. The number of aryl methyl sites for hydroxylation is 2. The highest BCUT2D eigenvalue weighted by molar-refractivity contribution is 5.40. The van der Waals surface area contributed by atoms with Crippen molar-refractivity contribution in [2.24, 2.45) is 0 Å². The molecule has 0 aliphatic rings. The van der Waals surface area contributed by atoms with Crippen molar-refractivity contribution in [3.63, 3.8) is 0 Å². The van der Waals surface area contributed by atoms with Gasteiger partial charge in [0, 0.05) is 25.7 Å². The molecule has 0 fully saturated rings. The first-order valence-corrected chi connectivity index (χ1v) is 5.65. The van der Waals surface area contributed by atoms with Gasteiger partial charge in [0.15, 0.2) is 0 Å². The molecule has 0 spiro atoms. The van der Waals surface area contributed by atoms with E-state index in [9.17, 15) is 4.79 Å². The average molecular weight is 248 g/mol. The van der Waals surface area contributed by atoms with Crippen molar-refractivity contribution in [1.29, 1.82) is 0 Å². The van der Waals surface area contributed by atoms with Gasteiger partial charge in [-0.2, -0.15) is 5.10 Å². The molecule has 0 aliphatic carbocycles. The number of hydrogen-bond donors (Lipinski definition) is 0. The summed E-state index contributed by atoms with van der Waals surface area (Å²) in [6.07, 6.45) is 1.67. The Balaban J connectivity index is 2.34. The smallest absolute Gasteiger partial charge is 0.269 e. The van der Waals surface area contributed by atoms with Gasteiger partial charge >= 0.3 is 0 Å². The standard InChI is InChI=1S/C12H16N4O2/c1-8-11(9(2)18-14-8)7-16-12(17)5-10(6-13-16)15(3)4/h5-6H,7H2,1-4H3. The van der Waals surface area contributed by atoms with Gasteiger partial charge in [0.25, 0.3) is 5.56 Å². The lowest BCUT2D eigenvalue weighted by molar-refractivity contribution is 0.391. The third-order valence-electron chi connectivity index (χ3n) is 2.86. The van der Waals surface area contributed by atoms with Crippen molar-refractivity contribution in [1.82, 2.24) is 14.9 Å². The molecule has 0 bridgehead atoms. The fourth-order valence-electron chi connectivity index (χ4n) is 1.66. The number of nitrogens with zero attached hydrogens (tertiary/aromatic N) is 4. The maximum atomic E-state index is 11.9. The minimum atomic E-state index is -0.138. The van der Waals surface area contributed by atoms with Gasteiger partial charge in [0.1, 0.15) is 5.76 Å². The highest BCUT2D eigenvalue weighted by atomic mass is 16.5. The highest BCUT2D eigenvalue weighted by Gasteiger charge is 2.11. The predicted octanol–water partition coefficient (Wildman–Crippen LogP) is 0.962. The van der Waals surface area contributed by atoms with E-state index in [1.807, 2.05) is 32.8 Å². The predicted molar refractivity (Wildman–Crippen MR) is 67.9 cm³/mol. The summed E-state index contributed by atoms with van der Waals surface area (Å²) in [6, 6.07) is 1.56. The van der Waals surface area contributed by atoms with E-state index in [2.05, 4.69) is 10.3 Å². The molecule has 0 atom stereocenters. The summed E-state index contributed by atoms with van der Waals surface area (Å²) < 4.78 is 6.47. The van der Waals surface area contributed by atoms with E-state index < -0.39 is 0 Å². The summed E-state index contributed by atoms with van der Waals surface area (Å²) in [5.74, 6) is 0.720. The molecule has 2 rings (SSSR count). The third-order valence-corrected chi connectivity index (χ3v) is 2.86. The molecule has 96 valence electrons. The van der Waals surface area contributed by atoms with Crippen LogP contribution in [0.25, 0.3) is 0 Å². The maximum absolute atomic E-state index is 11.9. The molecule has 0 aromatic carbocycles. The van der Waals surface area contributed by atoms with Crippen molar-refractivity contribution in [2.75, 3.05) is 19.0 Å². The van der Waals surface area contributed by atoms with Crippen LogP contribution in [0.4, 0.5) is 5.69 Å². The average Bonchev–Trinajstić information content (AvgIpc) is 2.63. The van der Waals surface area contributed by atoms with E-state index in [0.717, 1.165) is 22.7 Å². The normalized spacial score (nSPS) is 10.7. The Morgan fingerprint density at radius 3 is 2.61 bits per heavy atom. The Kier molecular flexibility index (Phi) is 3.18. The van der Waals surface area contributed by atoms with E-state index >= 15 is 0 Å². The Labute approximate surface area is 105 Å². The molecule has 0 saturated heterocycles. The quantitative estimate of drug-likeness (QED) is 0.809. The zero-order chi connectivity index (χ0) is 13.3. The molecule has 0 saturated carbocycles. The summed E-state index contributed by atoms with van der Waals surface area (Å²) in [5.41, 5.74) is 2.34. The Morgan fingerprint density at radius 1 is 1.39 bits per heavy atom. The van der Waals surface area contributed by atoms with Crippen LogP contribution in [0.2, 0.25) is 0 Å². The third kappa shape index (κ3) is 2.27. The van der Waals surface area contributed by atoms with Crippen molar-refractivity contribution >= 4 is 5.69 Å². The molecule has 2 aromatic heterocycles. The van der Waals surface area contributed by atoms with E-state index in [1.165, 1.54) is 4.68 Å². The zero-order valence-electron chi connectivity index (χ0n) is 11.0. The molecule has 2 heterocycles. The van der Waals surface area contributed by atoms with Gasteiger partial charge < -0.3 is 9.42 Å². The maximum Gasteiger partial charge on any atom is 0.269 e. The van der Waals surface area contributed by atoms with Crippen molar-refractivity contribution in [2.45, 2.75) is 20.4 Å². The van der Waals surface area contributed by atoms with Crippen LogP contribution in [0.3, 0.4) is 0 Å². The minimum absolute atomic E-state index is 0.138. The molecular formula is C12H16N4O2. The Hall–Kier alpha value is -2.11. The lowest BCUT2D eigenvalue weighted by atomic mass is 10.2. The number of hydrogen-bond acceptors (Lipinski definition) is 5. The van der Waals surface area contributed by atoms with E-state index in [4.69, 9.17) is 4.52 Å². The van der Waals surface area contributed by atoms with Crippen molar-refractivity contribution < 1.29 is 4.52 Å². The molecular weight excluding hydrogens is 232 g/mol. The van der Waals surface area contributed by atoms with Crippen LogP contribution in [-0.2, 0) is 6.54 Å². The minimum Gasteiger partial charge on any atom is -0.376 e. The summed E-state index contributed by atoms with van der Waals surface area (Å²) >= 11 is 0. The molecule has 6 heteroatoms. The fraction of sp³-hybridized carbons (Fsp3) is 0.417.